The Morgan fingerprint density at radius 1 is 1.22 bits per heavy atom. The minimum absolute atomic E-state index is 0. The molecule has 0 spiro atoms. The van der Waals surface area contributed by atoms with E-state index in [1.165, 1.54) is 29.5 Å². The molecule has 2 aromatic carbocycles. The fraction of sp³-hybridized carbons (Fsp3) is 0.261. The minimum Gasteiger partial charge on any atom is -0.337 e. The number of hydrogen-bond acceptors (Lipinski definition) is 5. The molecule has 0 unspecified atom stereocenters. The van der Waals surface area contributed by atoms with Crippen LogP contribution in [0.5, 0.6) is 0 Å². The van der Waals surface area contributed by atoms with Crippen molar-refractivity contribution in [3.63, 3.8) is 0 Å². The van der Waals surface area contributed by atoms with Crippen LogP contribution in [0.25, 0.3) is 10.2 Å². The Morgan fingerprint density at radius 2 is 2.00 bits per heavy atom. The van der Waals surface area contributed by atoms with Crippen LogP contribution in [0.1, 0.15) is 17.5 Å². The number of thioether (sulfide) groups is 1. The van der Waals surface area contributed by atoms with Gasteiger partial charge in [0.2, 0.25) is 5.91 Å². The molecule has 2 aromatic heterocycles. The van der Waals surface area contributed by atoms with Crippen LogP contribution < -0.4 is 4.90 Å². The molecule has 0 fully saturated rings. The maximum absolute atomic E-state index is 13.2. The SMILES string of the molecule is Cc1cc(C)c2sc(N(CCCn3ccnc3)C(=O)CSc3ccc(F)cc3)nc2c1.Cl. The number of carbonyl (C=O) groups excluding carboxylic acids is 1. The Bertz CT molecular complexity index is 1180. The number of aryl methyl sites for hydroxylation is 3. The first kappa shape index (κ1) is 24.2. The first-order valence-electron chi connectivity index (χ1n) is 10.0. The summed E-state index contributed by atoms with van der Waals surface area (Å²) in [5.74, 6) is -0.0182. The van der Waals surface area contributed by atoms with Crippen molar-refractivity contribution in [2.45, 2.75) is 31.7 Å². The quantitative estimate of drug-likeness (QED) is 0.289. The molecular weight excluding hydrogens is 467 g/mol. The molecule has 4 aromatic rings. The lowest BCUT2D eigenvalue weighted by Gasteiger charge is -2.20. The third kappa shape index (κ3) is 5.88. The van der Waals surface area contributed by atoms with Gasteiger partial charge in [0.1, 0.15) is 5.82 Å². The Hall–Kier alpha value is -2.42. The van der Waals surface area contributed by atoms with E-state index < -0.39 is 0 Å². The van der Waals surface area contributed by atoms with Gasteiger partial charge in [-0.2, -0.15) is 0 Å². The number of amides is 1. The summed E-state index contributed by atoms with van der Waals surface area (Å²) >= 11 is 2.96. The van der Waals surface area contributed by atoms with Crippen LogP contribution in [0.2, 0.25) is 0 Å². The summed E-state index contributed by atoms with van der Waals surface area (Å²) in [7, 11) is 0. The number of carbonyl (C=O) groups is 1. The Morgan fingerprint density at radius 3 is 2.72 bits per heavy atom. The topological polar surface area (TPSA) is 51.0 Å². The summed E-state index contributed by atoms with van der Waals surface area (Å²) < 4.78 is 16.3. The number of anilines is 1. The highest BCUT2D eigenvalue weighted by Crippen LogP contribution is 2.33. The number of thiazole rings is 1. The molecule has 0 bridgehead atoms. The average molecular weight is 491 g/mol. The lowest BCUT2D eigenvalue weighted by Crippen LogP contribution is -2.33. The Kier molecular flexibility index (Phi) is 8.28. The molecule has 0 saturated carbocycles. The van der Waals surface area contributed by atoms with Gasteiger partial charge >= 0.3 is 0 Å². The summed E-state index contributed by atoms with van der Waals surface area (Å²) in [6.45, 7) is 5.47. The van der Waals surface area contributed by atoms with Gasteiger partial charge in [0.15, 0.2) is 5.13 Å². The monoisotopic (exact) mass is 490 g/mol. The number of fused-ring (bicyclic) bond motifs is 1. The molecule has 0 aliphatic rings. The number of benzene rings is 2. The van der Waals surface area contributed by atoms with E-state index in [4.69, 9.17) is 4.98 Å². The minimum atomic E-state index is -0.281. The van der Waals surface area contributed by atoms with E-state index in [2.05, 4.69) is 31.0 Å². The normalized spacial score (nSPS) is 10.8. The number of halogens is 2. The van der Waals surface area contributed by atoms with E-state index in [1.807, 2.05) is 10.8 Å². The highest BCUT2D eigenvalue weighted by molar-refractivity contribution is 8.00. The molecule has 9 heteroatoms. The second-order valence-corrected chi connectivity index (χ2v) is 9.39. The first-order chi connectivity index (χ1) is 15.0. The van der Waals surface area contributed by atoms with Crippen LogP contribution in [-0.2, 0) is 11.3 Å². The molecule has 0 N–H and O–H groups in total. The number of imidazole rings is 1. The second kappa shape index (κ2) is 10.9. The fourth-order valence-corrected chi connectivity index (χ4v) is 5.23. The largest absolute Gasteiger partial charge is 0.337 e. The molecule has 32 heavy (non-hydrogen) atoms. The van der Waals surface area contributed by atoms with Crippen molar-refractivity contribution < 1.29 is 9.18 Å². The van der Waals surface area contributed by atoms with Gasteiger partial charge in [-0.3, -0.25) is 9.69 Å². The average Bonchev–Trinajstić information content (AvgIpc) is 3.40. The highest BCUT2D eigenvalue weighted by atomic mass is 35.5. The zero-order valence-corrected chi connectivity index (χ0v) is 20.3. The van der Waals surface area contributed by atoms with Crippen molar-refractivity contribution in [1.82, 2.24) is 14.5 Å². The third-order valence-corrected chi connectivity index (χ3v) is 7.10. The van der Waals surface area contributed by atoms with E-state index in [0.29, 0.717) is 6.54 Å². The second-order valence-electron chi connectivity index (χ2n) is 7.37. The van der Waals surface area contributed by atoms with Crippen molar-refractivity contribution in [1.29, 1.82) is 0 Å². The maximum atomic E-state index is 13.2. The Balaban J connectivity index is 0.00000289. The van der Waals surface area contributed by atoms with Crippen molar-refractivity contribution >= 4 is 56.8 Å². The summed E-state index contributed by atoms with van der Waals surface area (Å²) in [5, 5.41) is 0.721. The van der Waals surface area contributed by atoms with Crippen molar-refractivity contribution in [2.24, 2.45) is 0 Å². The van der Waals surface area contributed by atoms with Crippen LogP contribution in [-0.4, -0.2) is 32.7 Å². The molecule has 168 valence electrons. The third-order valence-electron chi connectivity index (χ3n) is 4.87. The van der Waals surface area contributed by atoms with Gasteiger partial charge in [-0.05, 0) is 61.7 Å². The van der Waals surface area contributed by atoms with Crippen LogP contribution in [0, 0.1) is 19.7 Å². The lowest BCUT2D eigenvalue weighted by molar-refractivity contribution is -0.116. The van der Waals surface area contributed by atoms with E-state index in [9.17, 15) is 9.18 Å². The van der Waals surface area contributed by atoms with E-state index in [0.717, 1.165) is 38.8 Å². The van der Waals surface area contributed by atoms with Gasteiger partial charge in [-0.15, -0.1) is 24.2 Å². The fourth-order valence-electron chi connectivity index (χ4n) is 3.39. The molecule has 1 amide bonds. The number of nitrogens with zero attached hydrogens (tertiary/aromatic N) is 4. The molecule has 0 aliphatic carbocycles. The van der Waals surface area contributed by atoms with Crippen LogP contribution in [0.4, 0.5) is 9.52 Å². The molecule has 0 radical (unpaired) electrons. The van der Waals surface area contributed by atoms with Gasteiger partial charge < -0.3 is 4.57 Å². The van der Waals surface area contributed by atoms with Crippen LogP contribution >= 0.6 is 35.5 Å². The van der Waals surface area contributed by atoms with Crippen molar-refractivity contribution in [2.75, 3.05) is 17.2 Å². The molecule has 5 nitrogen and oxygen atoms in total. The molecule has 0 atom stereocenters. The number of hydrogen-bond donors (Lipinski definition) is 0. The summed E-state index contributed by atoms with van der Waals surface area (Å²) in [6.07, 6.45) is 6.24. The molecule has 4 rings (SSSR count). The first-order valence-corrected chi connectivity index (χ1v) is 11.8. The predicted molar refractivity (Wildman–Crippen MR) is 133 cm³/mol. The zero-order chi connectivity index (χ0) is 21.8. The highest BCUT2D eigenvalue weighted by Gasteiger charge is 2.20. The van der Waals surface area contributed by atoms with Crippen molar-refractivity contribution in [3.8, 4) is 0 Å². The summed E-state index contributed by atoms with van der Waals surface area (Å²) in [4.78, 5) is 24.7. The van der Waals surface area contributed by atoms with Gasteiger partial charge in [0.25, 0.3) is 0 Å². The van der Waals surface area contributed by atoms with Gasteiger partial charge in [-0.1, -0.05) is 17.4 Å². The van der Waals surface area contributed by atoms with E-state index in [1.54, 1.807) is 40.9 Å². The molecule has 0 saturated heterocycles. The van der Waals surface area contributed by atoms with Crippen molar-refractivity contribution in [3.05, 3.63) is 72.1 Å². The predicted octanol–water partition coefficient (Wildman–Crippen LogP) is 5.89. The zero-order valence-electron chi connectivity index (χ0n) is 17.8. The molecule has 2 heterocycles. The standard InChI is InChI=1S/C23H23FN4OS2.ClH/c1-16-12-17(2)22-20(13-16)26-23(31-22)28(10-3-9-27-11-8-25-15-27)21(29)14-30-19-6-4-18(24)5-7-19;/h4-8,11-13,15H,3,9-10,14H2,1-2H3;1H. The van der Waals surface area contributed by atoms with E-state index in [-0.39, 0.29) is 29.9 Å². The molecule has 0 aliphatic heterocycles. The van der Waals surface area contributed by atoms with Gasteiger partial charge in [0, 0.05) is 30.4 Å². The Labute approximate surface area is 201 Å². The number of aromatic nitrogens is 3. The van der Waals surface area contributed by atoms with Gasteiger partial charge in [-0.25, -0.2) is 14.4 Å². The van der Waals surface area contributed by atoms with Gasteiger partial charge in [0.05, 0.1) is 22.3 Å². The van der Waals surface area contributed by atoms with Crippen LogP contribution in [0.15, 0.2) is 60.0 Å². The van der Waals surface area contributed by atoms with Crippen LogP contribution in [0.3, 0.4) is 0 Å². The lowest BCUT2D eigenvalue weighted by atomic mass is 10.1. The molecular formula is C23H24ClFN4OS2. The maximum Gasteiger partial charge on any atom is 0.239 e. The summed E-state index contributed by atoms with van der Waals surface area (Å²) in [6, 6.07) is 10.4. The summed E-state index contributed by atoms with van der Waals surface area (Å²) in [5.41, 5.74) is 3.26. The number of rotatable bonds is 8. The van der Waals surface area contributed by atoms with E-state index >= 15 is 0 Å². The smallest absolute Gasteiger partial charge is 0.239 e.